The Bertz CT molecular complexity index is 564. The van der Waals surface area contributed by atoms with Crippen LogP contribution in [0.5, 0.6) is 0 Å². The third kappa shape index (κ3) is 4.10. The van der Waals surface area contributed by atoms with Crippen molar-refractivity contribution in [2.45, 2.75) is 24.5 Å². The van der Waals surface area contributed by atoms with E-state index >= 15 is 0 Å². The first-order chi connectivity index (χ1) is 11.3. The number of likely N-dealkylation sites (tertiary alicyclic amines) is 1. The minimum absolute atomic E-state index is 0.115. The number of quaternary nitrogens is 1. The number of carbonyl (C=O) groups excluding carboxylic acids is 3. The van der Waals surface area contributed by atoms with Crippen molar-refractivity contribution in [2.24, 2.45) is 11.7 Å². The van der Waals surface area contributed by atoms with Crippen molar-refractivity contribution >= 4 is 30.0 Å². The summed E-state index contributed by atoms with van der Waals surface area (Å²) in [5.41, 5.74) is 6.10. The molecule has 7 nitrogen and oxygen atoms in total. The van der Waals surface area contributed by atoms with Gasteiger partial charge in [0.15, 0.2) is 0 Å². The molecular weight excluding hydrogens is 328 g/mol. The molecule has 3 amide bonds. The van der Waals surface area contributed by atoms with Crippen molar-refractivity contribution < 1.29 is 18.9 Å². The Hall–Kier alpha value is -1.54. The Kier molecular flexibility index (Phi) is 5.92. The number of thioether (sulfide) groups is 1. The fourth-order valence-corrected chi connectivity index (χ4v) is 5.29. The van der Waals surface area contributed by atoms with E-state index in [2.05, 4.69) is 12.4 Å². The highest BCUT2D eigenvalue weighted by Gasteiger charge is 2.46. The number of fused-ring (bicyclic) bond motifs is 1. The Morgan fingerprint density at radius 1 is 1.46 bits per heavy atom. The van der Waals surface area contributed by atoms with Crippen molar-refractivity contribution in [3.05, 3.63) is 10.6 Å². The molecule has 0 aliphatic carbocycles. The molecule has 3 N–H and O–H groups in total. The van der Waals surface area contributed by atoms with Gasteiger partial charge >= 0.3 is 0 Å². The molecule has 8 heteroatoms. The smallest absolute Gasteiger partial charge is 0.247 e. The monoisotopic (exact) mass is 355 g/mol. The number of nitrogens with one attached hydrogen (secondary N) is 1. The Labute approximate surface area is 147 Å². The zero-order valence-electron chi connectivity index (χ0n) is 14.6. The molecule has 3 unspecified atom stereocenters. The lowest BCUT2D eigenvalue weighted by Gasteiger charge is -2.43. The van der Waals surface area contributed by atoms with Crippen LogP contribution in [0, 0.1) is 5.92 Å². The van der Waals surface area contributed by atoms with Crippen LogP contribution in [0.1, 0.15) is 19.3 Å². The molecule has 1 fully saturated rings. The van der Waals surface area contributed by atoms with Gasteiger partial charge in [0.05, 0.1) is 42.5 Å². The highest BCUT2D eigenvalue weighted by molar-refractivity contribution is 8.04. The van der Waals surface area contributed by atoms with E-state index in [1.54, 1.807) is 30.8 Å². The van der Waals surface area contributed by atoms with Gasteiger partial charge in [0.25, 0.3) is 0 Å². The summed E-state index contributed by atoms with van der Waals surface area (Å²) in [6.07, 6.45) is 2.89. The predicted octanol–water partition coefficient (Wildman–Crippen LogP) is -0.120. The molecule has 0 spiro atoms. The lowest BCUT2D eigenvalue weighted by atomic mass is 9.87. The van der Waals surface area contributed by atoms with Gasteiger partial charge in [-0.25, -0.2) is 0 Å². The fraction of sp³-hybridized carbons (Fsp3) is 0.688. The van der Waals surface area contributed by atoms with E-state index in [1.807, 2.05) is 0 Å². The number of amides is 3. The van der Waals surface area contributed by atoms with Crippen LogP contribution in [0.4, 0.5) is 0 Å². The van der Waals surface area contributed by atoms with Crippen LogP contribution >= 0.6 is 11.8 Å². The minimum Gasteiger partial charge on any atom is -0.366 e. The molecule has 134 valence electrons. The summed E-state index contributed by atoms with van der Waals surface area (Å²) in [4.78, 5) is 35.9. The summed E-state index contributed by atoms with van der Waals surface area (Å²) in [6.45, 7) is 2.79. The Morgan fingerprint density at radius 2 is 2.17 bits per heavy atom. The number of hydrogen-bond donors (Lipinski definition) is 2. The Morgan fingerprint density at radius 3 is 2.75 bits per heavy atom. The van der Waals surface area contributed by atoms with Crippen LogP contribution in [0.3, 0.4) is 0 Å². The number of primary amides is 1. The molecule has 0 aromatic heterocycles. The zero-order chi connectivity index (χ0) is 17.9. The number of hydrogen-bond acceptors (Lipinski definition) is 4. The molecule has 0 saturated carbocycles. The zero-order valence-corrected chi connectivity index (χ0v) is 15.4. The molecule has 24 heavy (non-hydrogen) atoms. The average Bonchev–Trinajstić information content (AvgIpc) is 2.84. The van der Waals surface area contributed by atoms with Gasteiger partial charge in [-0.15, -0.1) is 0 Å². The largest absolute Gasteiger partial charge is 0.366 e. The van der Waals surface area contributed by atoms with E-state index in [9.17, 15) is 14.4 Å². The van der Waals surface area contributed by atoms with E-state index in [-0.39, 0.29) is 17.1 Å². The van der Waals surface area contributed by atoms with Crippen LogP contribution < -0.4 is 11.1 Å². The number of nitrogens with zero attached hydrogens (tertiary/aromatic N) is 2. The molecule has 2 rings (SSSR count). The maximum Gasteiger partial charge on any atom is 0.247 e. The quantitative estimate of drug-likeness (QED) is 0.492. The van der Waals surface area contributed by atoms with Crippen molar-refractivity contribution in [3.8, 4) is 0 Å². The van der Waals surface area contributed by atoms with Gasteiger partial charge in [0, 0.05) is 39.3 Å². The molecule has 2 aliphatic rings. The predicted molar refractivity (Wildman–Crippen MR) is 93.6 cm³/mol. The topological polar surface area (TPSA) is 92.5 Å². The second-order valence-electron chi connectivity index (χ2n) is 7.06. The molecule has 2 heterocycles. The van der Waals surface area contributed by atoms with E-state index < -0.39 is 5.91 Å². The van der Waals surface area contributed by atoms with Crippen LogP contribution in [-0.2, 0) is 14.4 Å². The average molecular weight is 355 g/mol. The van der Waals surface area contributed by atoms with Gasteiger partial charge in [-0.2, -0.15) is 0 Å². The summed E-state index contributed by atoms with van der Waals surface area (Å²) in [6, 6.07) is 0. The number of nitrogens with two attached hydrogens (primary N) is 1. The minimum atomic E-state index is -0.438. The van der Waals surface area contributed by atoms with Gasteiger partial charge in [-0.3, -0.25) is 14.4 Å². The van der Waals surface area contributed by atoms with E-state index in [0.717, 1.165) is 37.0 Å². The number of piperidine rings is 1. The van der Waals surface area contributed by atoms with Crippen molar-refractivity contribution in [2.75, 3.05) is 40.8 Å². The van der Waals surface area contributed by atoms with E-state index in [0.29, 0.717) is 23.4 Å². The lowest BCUT2D eigenvalue weighted by Crippen LogP contribution is -2.55. The molecular formula is C16H27N4O3S+. The SMILES string of the molecule is CN(C)C(=O)CCC[N+]1(C)CCC2C(C(N)=O)=C(NC=O)SC2C1. The molecule has 3 atom stereocenters. The van der Waals surface area contributed by atoms with Crippen LogP contribution in [0.15, 0.2) is 10.6 Å². The summed E-state index contributed by atoms with van der Waals surface area (Å²) >= 11 is 1.55. The van der Waals surface area contributed by atoms with Crippen LogP contribution in [0.25, 0.3) is 0 Å². The third-order valence-electron chi connectivity index (χ3n) is 4.98. The first kappa shape index (κ1) is 18.8. The molecule has 0 bridgehead atoms. The fourth-order valence-electron chi connectivity index (χ4n) is 3.62. The summed E-state index contributed by atoms with van der Waals surface area (Å²) in [5, 5.41) is 3.50. The van der Waals surface area contributed by atoms with Gasteiger partial charge in [0.1, 0.15) is 0 Å². The highest BCUT2D eigenvalue weighted by atomic mass is 32.2. The molecule has 2 aliphatic heterocycles. The second kappa shape index (κ2) is 7.57. The standard InChI is InChI=1S/C16H26N4O3S/c1-19(2)13(22)5-4-7-20(3)8-6-11-12(9-20)24-16(18-10-21)14(11)15(17)23/h10-12H,4-9H2,1-3H3,(H2-,17,18,21,23)/p+1. The normalized spacial score (nSPS) is 29.1. The van der Waals surface area contributed by atoms with Gasteiger partial charge in [0.2, 0.25) is 18.2 Å². The van der Waals surface area contributed by atoms with Gasteiger partial charge < -0.3 is 20.4 Å². The summed E-state index contributed by atoms with van der Waals surface area (Å²) in [7, 11) is 5.75. The third-order valence-corrected chi connectivity index (χ3v) is 6.33. The van der Waals surface area contributed by atoms with Crippen LogP contribution in [0.2, 0.25) is 0 Å². The first-order valence-corrected chi connectivity index (χ1v) is 9.10. The summed E-state index contributed by atoms with van der Waals surface area (Å²) < 4.78 is 0.884. The molecule has 0 aromatic carbocycles. The summed E-state index contributed by atoms with van der Waals surface area (Å²) in [5.74, 6) is -0.168. The van der Waals surface area contributed by atoms with Crippen molar-refractivity contribution in [1.29, 1.82) is 0 Å². The number of carbonyl (C=O) groups is 3. The Balaban J connectivity index is 1.97. The first-order valence-electron chi connectivity index (χ1n) is 8.22. The molecule has 0 radical (unpaired) electrons. The maximum absolute atomic E-state index is 11.8. The van der Waals surface area contributed by atoms with Crippen molar-refractivity contribution in [1.82, 2.24) is 10.2 Å². The second-order valence-corrected chi connectivity index (χ2v) is 8.31. The highest BCUT2D eigenvalue weighted by Crippen LogP contribution is 2.46. The number of rotatable bonds is 7. The van der Waals surface area contributed by atoms with Gasteiger partial charge in [-0.05, 0) is 0 Å². The van der Waals surface area contributed by atoms with Gasteiger partial charge in [-0.1, -0.05) is 11.8 Å². The maximum atomic E-state index is 11.8. The molecule has 0 aromatic rings. The van der Waals surface area contributed by atoms with E-state index in [4.69, 9.17) is 5.73 Å². The van der Waals surface area contributed by atoms with Crippen LogP contribution in [-0.4, -0.2) is 73.6 Å². The molecule has 1 saturated heterocycles. The van der Waals surface area contributed by atoms with Crippen molar-refractivity contribution in [3.63, 3.8) is 0 Å². The lowest BCUT2D eigenvalue weighted by molar-refractivity contribution is -0.914. The van der Waals surface area contributed by atoms with E-state index in [1.165, 1.54) is 0 Å².